The van der Waals surface area contributed by atoms with Gasteiger partial charge >= 0.3 is 0 Å². The van der Waals surface area contributed by atoms with Crippen LogP contribution in [0.25, 0.3) is 10.9 Å². The van der Waals surface area contributed by atoms with Crippen molar-refractivity contribution in [3.05, 3.63) is 98.9 Å². The number of fused-ring (bicyclic) bond motifs is 1. The Labute approximate surface area is 181 Å². The first-order valence-corrected chi connectivity index (χ1v) is 9.92. The molecule has 0 aliphatic rings. The van der Waals surface area contributed by atoms with E-state index in [0.717, 1.165) is 28.8 Å². The molecule has 6 nitrogen and oxygen atoms in total. The molecule has 2 N–H and O–H groups in total. The van der Waals surface area contributed by atoms with Crippen LogP contribution in [0, 0.1) is 5.82 Å². The van der Waals surface area contributed by atoms with E-state index in [9.17, 15) is 14.0 Å². The smallest absolute Gasteiger partial charge is 0.287 e. The van der Waals surface area contributed by atoms with Gasteiger partial charge in [0, 0.05) is 40.3 Å². The summed E-state index contributed by atoms with van der Waals surface area (Å²) in [6, 6.07) is 12.7. The third-order valence-electron chi connectivity index (χ3n) is 4.77. The van der Waals surface area contributed by atoms with Gasteiger partial charge in [0.05, 0.1) is 0 Å². The summed E-state index contributed by atoms with van der Waals surface area (Å²) in [5, 5.41) is 4.35. The number of aromatic amines is 1. The normalized spacial score (nSPS) is 10.9. The second-order valence-corrected chi connectivity index (χ2v) is 7.30. The predicted octanol–water partition coefficient (Wildman–Crippen LogP) is 4.47. The van der Waals surface area contributed by atoms with Crippen molar-refractivity contribution in [2.24, 2.45) is 0 Å². The predicted molar refractivity (Wildman–Crippen MR) is 115 cm³/mol. The van der Waals surface area contributed by atoms with Gasteiger partial charge in [0.2, 0.25) is 11.2 Å². The molecule has 0 fully saturated rings. The molecular weight excluding hydrogens is 423 g/mol. The maximum absolute atomic E-state index is 13.6. The van der Waals surface area contributed by atoms with Crippen molar-refractivity contribution < 1.29 is 18.3 Å². The summed E-state index contributed by atoms with van der Waals surface area (Å²) in [6.07, 6.45) is 3.49. The van der Waals surface area contributed by atoms with Crippen LogP contribution in [0.5, 0.6) is 5.75 Å². The van der Waals surface area contributed by atoms with Gasteiger partial charge in [0.15, 0.2) is 5.76 Å². The number of nitrogens with one attached hydrogen (secondary N) is 2. The maximum atomic E-state index is 13.6. The lowest BCUT2D eigenvalue weighted by Gasteiger charge is -2.07. The average molecular weight is 441 g/mol. The summed E-state index contributed by atoms with van der Waals surface area (Å²) in [6.45, 7) is 0.213. The Kier molecular flexibility index (Phi) is 6.04. The van der Waals surface area contributed by atoms with Gasteiger partial charge in [-0.3, -0.25) is 9.59 Å². The van der Waals surface area contributed by atoms with Gasteiger partial charge in [-0.2, -0.15) is 0 Å². The van der Waals surface area contributed by atoms with Gasteiger partial charge in [0.25, 0.3) is 5.91 Å². The quantitative estimate of drug-likeness (QED) is 0.444. The van der Waals surface area contributed by atoms with E-state index in [2.05, 4.69) is 10.3 Å². The molecule has 0 aliphatic carbocycles. The highest BCUT2D eigenvalue weighted by Crippen LogP contribution is 2.22. The number of H-pyrrole nitrogens is 1. The lowest BCUT2D eigenvalue weighted by atomic mass is 10.1. The molecule has 1 amide bonds. The van der Waals surface area contributed by atoms with Crippen LogP contribution in [0.4, 0.5) is 4.39 Å². The van der Waals surface area contributed by atoms with Gasteiger partial charge in [0.1, 0.15) is 18.7 Å². The van der Waals surface area contributed by atoms with Crippen molar-refractivity contribution in [3.8, 4) is 5.75 Å². The van der Waals surface area contributed by atoms with E-state index < -0.39 is 17.2 Å². The Balaban J connectivity index is 1.35. The summed E-state index contributed by atoms with van der Waals surface area (Å²) in [5.74, 6) is -1.18. The molecule has 0 saturated carbocycles. The Morgan fingerprint density at radius 2 is 2.00 bits per heavy atom. The van der Waals surface area contributed by atoms with Crippen molar-refractivity contribution in [1.29, 1.82) is 0 Å². The molecule has 0 radical (unpaired) electrons. The minimum atomic E-state index is -0.529. The summed E-state index contributed by atoms with van der Waals surface area (Å²) >= 11 is 6.05. The molecule has 8 heteroatoms. The molecule has 0 aliphatic heterocycles. The van der Waals surface area contributed by atoms with Crippen LogP contribution in [0.3, 0.4) is 0 Å². The zero-order valence-corrected chi connectivity index (χ0v) is 17.0. The van der Waals surface area contributed by atoms with Gasteiger partial charge in [-0.05, 0) is 36.2 Å². The number of carbonyl (C=O) groups excluding carboxylic acids is 1. The molecule has 0 atom stereocenters. The van der Waals surface area contributed by atoms with Crippen molar-refractivity contribution in [2.45, 2.75) is 13.0 Å². The van der Waals surface area contributed by atoms with Crippen LogP contribution < -0.4 is 15.5 Å². The Hall–Kier alpha value is -3.58. The van der Waals surface area contributed by atoms with Gasteiger partial charge < -0.3 is 19.5 Å². The lowest BCUT2D eigenvalue weighted by molar-refractivity contribution is 0.0923. The molecule has 0 spiro atoms. The fraction of sp³-hybridized carbons (Fsp3) is 0.130. The number of rotatable bonds is 7. The first-order valence-electron chi connectivity index (χ1n) is 9.54. The van der Waals surface area contributed by atoms with Crippen LogP contribution in [-0.2, 0) is 13.0 Å². The number of aromatic nitrogens is 1. The minimum Gasteiger partial charge on any atom is -0.482 e. The summed E-state index contributed by atoms with van der Waals surface area (Å²) in [7, 11) is 0. The standard InChI is InChI=1S/C23H18ClFN2O4/c24-16-5-6-19-17(9-16)14(11-27-19)7-8-26-23(29)21-10-20(28)22(13-31-21)30-12-15-3-1-2-4-18(15)25/h1-6,9-11,13,27H,7-8,12H2,(H,26,29). The number of carbonyl (C=O) groups is 1. The van der Waals surface area contributed by atoms with Crippen LogP contribution in [0.2, 0.25) is 5.02 Å². The number of hydrogen-bond acceptors (Lipinski definition) is 4. The van der Waals surface area contributed by atoms with Crippen LogP contribution in [0.15, 0.2) is 70.2 Å². The Bertz CT molecular complexity index is 1300. The highest BCUT2D eigenvalue weighted by atomic mass is 35.5. The van der Waals surface area contributed by atoms with Crippen LogP contribution in [-0.4, -0.2) is 17.4 Å². The van der Waals surface area contributed by atoms with Crippen molar-refractivity contribution in [1.82, 2.24) is 10.3 Å². The van der Waals surface area contributed by atoms with E-state index in [1.54, 1.807) is 24.3 Å². The molecule has 158 valence electrons. The van der Waals surface area contributed by atoms with E-state index in [0.29, 0.717) is 23.6 Å². The van der Waals surface area contributed by atoms with Crippen LogP contribution in [0.1, 0.15) is 21.7 Å². The van der Waals surface area contributed by atoms with Crippen molar-refractivity contribution >= 4 is 28.4 Å². The summed E-state index contributed by atoms with van der Waals surface area (Å²) in [5.41, 5.74) is 1.75. The largest absolute Gasteiger partial charge is 0.482 e. The zero-order valence-electron chi connectivity index (χ0n) is 16.3. The number of halogens is 2. The highest BCUT2D eigenvalue weighted by Gasteiger charge is 2.13. The molecular formula is C23H18ClFN2O4. The molecule has 2 aromatic carbocycles. The topological polar surface area (TPSA) is 84.3 Å². The van der Waals surface area contributed by atoms with E-state index >= 15 is 0 Å². The fourth-order valence-electron chi connectivity index (χ4n) is 3.15. The third kappa shape index (κ3) is 4.78. The second kappa shape index (κ2) is 9.06. The van der Waals surface area contributed by atoms with Gasteiger partial charge in [-0.1, -0.05) is 29.8 Å². The average Bonchev–Trinajstić information content (AvgIpc) is 3.16. The second-order valence-electron chi connectivity index (χ2n) is 6.86. The van der Waals surface area contributed by atoms with Gasteiger partial charge in [-0.15, -0.1) is 0 Å². The maximum Gasteiger partial charge on any atom is 0.287 e. The molecule has 4 aromatic rings. The summed E-state index contributed by atoms with van der Waals surface area (Å²) in [4.78, 5) is 27.7. The first-order chi connectivity index (χ1) is 15.0. The molecule has 0 bridgehead atoms. The van der Waals surface area contributed by atoms with E-state index in [-0.39, 0.29) is 18.1 Å². The molecule has 4 rings (SSSR count). The lowest BCUT2D eigenvalue weighted by Crippen LogP contribution is -2.26. The first kappa shape index (κ1) is 20.7. The molecule has 2 aromatic heterocycles. The number of benzene rings is 2. The van der Waals surface area contributed by atoms with E-state index in [4.69, 9.17) is 20.8 Å². The number of hydrogen-bond donors (Lipinski definition) is 2. The minimum absolute atomic E-state index is 0.101. The highest BCUT2D eigenvalue weighted by molar-refractivity contribution is 6.31. The SMILES string of the molecule is O=C(NCCc1c[nH]c2ccc(Cl)cc12)c1cc(=O)c(OCc2ccccc2F)co1. The molecule has 0 unspecified atom stereocenters. The zero-order chi connectivity index (χ0) is 21.8. The monoisotopic (exact) mass is 440 g/mol. The molecule has 31 heavy (non-hydrogen) atoms. The molecule has 2 heterocycles. The third-order valence-corrected chi connectivity index (χ3v) is 5.01. The van der Waals surface area contributed by atoms with E-state index in [1.165, 1.54) is 6.07 Å². The van der Waals surface area contributed by atoms with Crippen molar-refractivity contribution in [3.63, 3.8) is 0 Å². The van der Waals surface area contributed by atoms with E-state index in [1.807, 2.05) is 18.3 Å². The van der Waals surface area contributed by atoms with Crippen molar-refractivity contribution in [2.75, 3.05) is 6.54 Å². The number of ether oxygens (including phenoxy) is 1. The van der Waals surface area contributed by atoms with Crippen LogP contribution >= 0.6 is 11.6 Å². The number of amides is 1. The molecule has 0 saturated heterocycles. The Morgan fingerprint density at radius 3 is 2.81 bits per heavy atom. The summed E-state index contributed by atoms with van der Waals surface area (Å²) < 4.78 is 24.2. The Morgan fingerprint density at radius 1 is 1.16 bits per heavy atom. The fourth-order valence-corrected chi connectivity index (χ4v) is 3.32. The van der Waals surface area contributed by atoms with Gasteiger partial charge in [-0.25, -0.2) is 4.39 Å².